The molecule has 1 aromatic carbocycles. The number of nitrogens with two attached hydrogens (primary N) is 1. The van der Waals surface area contributed by atoms with Gasteiger partial charge in [0.25, 0.3) is 0 Å². The molecule has 0 aliphatic carbocycles. The molecule has 0 fully saturated rings. The maximum Gasteiger partial charge on any atom is 0.339 e. The number of benzene rings is 1. The van der Waals surface area contributed by atoms with Gasteiger partial charge in [0.2, 0.25) is 0 Å². The summed E-state index contributed by atoms with van der Waals surface area (Å²) in [6.07, 6.45) is 0. The predicted molar refractivity (Wildman–Crippen MR) is 52.1 cm³/mol. The van der Waals surface area contributed by atoms with Crippen molar-refractivity contribution in [1.82, 2.24) is 0 Å². The highest BCUT2D eigenvalue weighted by atomic mass is 16.5. The number of esters is 1. The molecule has 0 radical (unpaired) electrons. The number of hydrogen-bond donors (Lipinski definition) is 2. The third kappa shape index (κ3) is 2.06. The van der Waals surface area contributed by atoms with Gasteiger partial charge >= 0.3 is 5.97 Å². The van der Waals surface area contributed by atoms with E-state index in [1.54, 1.807) is 6.07 Å². The van der Waals surface area contributed by atoms with E-state index in [4.69, 9.17) is 11.0 Å². The molecule has 1 aromatic rings. The zero-order chi connectivity index (χ0) is 11.4. The average molecular weight is 206 g/mol. The van der Waals surface area contributed by atoms with Crippen LogP contribution in [0.15, 0.2) is 12.1 Å². The van der Waals surface area contributed by atoms with E-state index in [0.29, 0.717) is 5.56 Å². The van der Waals surface area contributed by atoms with Gasteiger partial charge in [0, 0.05) is 12.1 Å². The number of hydrogen-bond acceptors (Lipinski definition) is 5. The first-order chi connectivity index (χ1) is 7.13. The van der Waals surface area contributed by atoms with Gasteiger partial charge in [-0.05, 0) is 12.1 Å². The Kier molecular flexibility index (Phi) is 3.26. The number of rotatable bonds is 2. The summed E-state index contributed by atoms with van der Waals surface area (Å²) in [5.41, 5.74) is 5.93. The molecule has 0 aromatic heterocycles. The van der Waals surface area contributed by atoms with Crippen LogP contribution in [0.5, 0.6) is 5.75 Å². The van der Waals surface area contributed by atoms with E-state index < -0.39 is 5.97 Å². The van der Waals surface area contributed by atoms with Crippen molar-refractivity contribution in [3.63, 3.8) is 0 Å². The molecule has 0 aliphatic heterocycles. The summed E-state index contributed by atoms with van der Waals surface area (Å²) < 4.78 is 4.51. The molecule has 1 rings (SSSR count). The SMILES string of the molecule is COC(=O)c1cc(CN)c(O)cc1C#N. The second kappa shape index (κ2) is 4.44. The Morgan fingerprint density at radius 1 is 1.67 bits per heavy atom. The van der Waals surface area contributed by atoms with Crippen LogP contribution in [0.3, 0.4) is 0 Å². The summed E-state index contributed by atoms with van der Waals surface area (Å²) in [5, 5.41) is 18.2. The van der Waals surface area contributed by atoms with E-state index in [9.17, 15) is 9.90 Å². The molecule has 0 aliphatic rings. The van der Waals surface area contributed by atoms with Crippen LogP contribution >= 0.6 is 0 Å². The van der Waals surface area contributed by atoms with E-state index in [-0.39, 0.29) is 23.4 Å². The number of phenolic OH excluding ortho intramolecular Hbond substituents is 1. The number of carbonyl (C=O) groups is 1. The number of methoxy groups -OCH3 is 1. The Morgan fingerprint density at radius 2 is 2.33 bits per heavy atom. The molecule has 5 nitrogen and oxygen atoms in total. The van der Waals surface area contributed by atoms with Gasteiger partial charge in [-0.15, -0.1) is 0 Å². The maximum atomic E-state index is 11.3. The molecule has 5 heteroatoms. The van der Waals surface area contributed by atoms with Crippen molar-refractivity contribution < 1.29 is 14.6 Å². The third-order valence-corrected chi connectivity index (χ3v) is 1.96. The van der Waals surface area contributed by atoms with E-state index in [2.05, 4.69) is 4.74 Å². The number of nitrogens with zero attached hydrogens (tertiary/aromatic N) is 1. The van der Waals surface area contributed by atoms with Crippen molar-refractivity contribution in [3.8, 4) is 11.8 Å². The highest BCUT2D eigenvalue weighted by Crippen LogP contribution is 2.22. The molecule has 15 heavy (non-hydrogen) atoms. The Balaban J connectivity index is 3.37. The monoisotopic (exact) mass is 206 g/mol. The minimum atomic E-state index is -0.624. The lowest BCUT2D eigenvalue weighted by Crippen LogP contribution is -2.07. The Morgan fingerprint density at radius 3 is 2.80 bits per heavy atom. The van der Waals surface area contributed by atoms with Crippen LogP contribution in [0.2, 0.25) is 0 Å². The molecule has 3 N–H and O–H groups in total. The standard InChI is InChI=1S/C10H10N2O3/c1-15-10(14)8-2-7(5-12)9(13)3-6(8)4-11/h2-3,13H,5,12H2,1H3. The summed E-state index contributed by atoms with van der Waals surface area (Å²) >= 11 is 0. The van der Waals surface area contributed by atoms with Crippen LogP contribution in [-0.4, -0.2) is 18.2 Å². The van der Waals surface area contributed by atoms with Gasteiger partial charge in [-0.25, -0.2) is 4.79 Å². The molecule has 0 bridgehead atoms. The molecule has 0 amide bonds. The number of carbonyl (C=O) groups excluding carboxylic acids is 1. The molecule has 0 atom stereocenters. The fourth-order valence-electron chi connectivity index (χ4n) is 1.17. The van der Waals surface area contributed by atoms with E-state index >= 15 is 0 Å². The zero-order valence-corrected chi connectivity index (χ0v) is 8.15. The van der Waals surface area contributed by atoms with Crippen LogP contribution in [0.4, 0.5) is 0 Å². The number of aromatic hydroxyl groups is 1. The first-order valence-electron chi connectivity index (χ1n) is 4.18. The van der Waals surface area contributed by atoms with Crippen LogP contribution in [-0.2, 0) is 11.3 Å². The molecule has 0 unspecified atom stereocenters. The third-order valence-electron chi connectivity index (χ3n) is 1.96. The molecule has 0 heterocycles. The van der Waals surface area contributed by atoms with Gasteiger partial charge in [0.15, 0.2) is 0 Å². The predicted octanol–water partition coefficient (Wildman–Crippen LogP) is 0.509. The van der Waals surface area contributed by atoms with Crippen molar-refractivity contribution in [3.05, 3.63) is 28.8 Å². The highest BCUT2D eigenvalue weighted by Gasteiger charge is 2.15. The van der Waals surface area contributed by atoms with Crippen LogP contribution in [0.25, 0.3) is 0 Å². The summed E-state index contributed by atoms with van der Waals surface area (Å²) in [5.74, 6) is -0.719. The van der Waals surface area contributed by atoms with Gasteiger partial charge in [0.05, 0.1) is 18.2 Å². The Labute approximate surface area is 86.7 Å². The second-order valence-corrected chi connectivity index (χ2v) is 2.83. The number of phenols is 1. The van der Waals surface area contributed by atoms with E-state index in [1.807, 2.05) is 0 Å². The summed E-state index contributed by atoms with van der Waals surface area (Å²) in [4.78, 5) is 11.3. The maximum absolute atomic E-state index is 11.3. The number of ether oxygens (including phenoxy) is 1. The quantitative estimate of drug-likeness (QED) is 0.687. The van der Waals surface area contributed by atoms with Crippen molar-refractivity contribution in [2.24, 2.45) is 5.73 Å². The molecule has 0 spiro atoms. The molecule has 0 saturated carbocycles. The van der Waals surface area contributed by atoms with Crippen molar-refractivity contribution in [1.29, 1.82) is 5.26 Å². The van der Waals surface area contributed by atoms with Crippen molar-refractivity contribution in [2.75, 3.05) is 7.11 Å². The average Bonchev–Trinajstić information content (AvgIpc) is 2.27. The molecular weight excluding hydrogens is 196 g/mol. The van der Waals surface area contributed by atoms with Crippen LogP contribution in [0, 0.1) is 11.3 Å². The first kappa shape index (κ1) is 11.0. The topological polar surface area (TPSA) is 96.3 Å². The van der Waals surface area contributed by atoms with Crippen molar-refractivity contribution in [2.45, 2.75) is 6.54 Å². The zero-order valence-electron chi connectivity index (χ0n) is 8.15. The fraction of sp³-hybridized carbons (Fsp3) is 0.200. The Bertz CT molecular complexity index is 435. The lowest BCUT2D eigenvalue weighted by atomic mass is 10.0. The summed E-state index contributed by atoms with van der Waals surface area (Å²) in [6.45, 7) is 0.0849. The van der Waals surface area contributed by atoms with E-state index in [1.165, 1.54) is 19.2 Å². The summed E-state index contributed by atoms with van der Waals surface area (Å²) in [7, 11) is 1.22. The van der Waals surface area contributed by atoms with Gasteiger partial charge < -0.3 is 15.6 Å². The first-order valence-corrected chi connectivity index (χ1v) is 4.18. The molecule has 0 saturated heterocycles. The van der Waals surface area contributed by atoms with Gasteiger partial charge in [-0.1, -0.05) is 0 Å². The van der Waals surface area contributed by atoms with Gasteiger partial charge in [-0.3, -0.25) is 0 Å². The fourth-order valence-corrected chi connectivity index (χ4v) is 1.17. The van der Waals surface area contributed by atoms with Crippen molar-refractivity contribution >= 4 is 5.97 Å². The summed E-state index contributed by atoms with van der Waals surface area (Å²) in [6, 6.07) is 4.36. The lowest BCUT2D eigenvalue weighted by molar-refractivity contribution is 0.0600. The van der Waals surface area contributed by atoms with Gasteiger partial charge in [-0.2, -0.15) is 5.26 Å². The minimum Gasteiger partial charge on any atom is -0.508 e. The lowest BCUT2D eigenvalue weighted by Gasteiger charge is -2.06. The smallest absolute Gasteiger partial charge is 0.339 e. The van der Waals surface area contributed by atoms with Crippen LogP contribution < -0.4 is 5.73 Å². The molecular formula is C10H10N2O3. The highest BCUT2D eigenvalue weighted by molar-refractivity contribution is 5.92. The largest absolute Gasteiger partial charge is 0.508 e. The number of nitriles is 1. The van der Waals surface area contributed by atoms with E-state index in [0.717, 1.165) is 0 Å². The minimum absolute atomic E-state index is 0.0663. The normalized spacial score (nSPS) is 9.40. The second-order valence-electron chi connectivity index (χ2n) is 2.83. The van der Waals surface area contributed by atoms with Crippen LogP contribution in [0.1, 0.15) is 21.5 Å². The Hall–Kier alpha value is -2.06. The molecule has 78 valence electrons. The van der Waals surface area contributed by atoms with Gasteiger partial charge in [0.1, 0.15) is 11.8 Å².